The van der Waals surface area contributed by atoms with E-state index < -0.39 is 5.60 Å². The Kier molecular flexibility index (Phi) is 10.7. The van der Waals surface area contributed by atoms with Crippen LogP contribution in [0.4, 0.5) is 11.4 Å². The Morgan fingerprint density at radius 2 is 1.11 bits per heavy atom. The molecule has 0 amide bonds. The number of hydrogen-bond donors (Lipinski definition) is 1. The monoisotopic (exact) mass is 513 g/mol. The average Bonchev–Trinajstić information content (AvgIpc) is 2.96. The molecule has 3 nitrogen and oxygen atoms in total. The van der Waals surface area contributed by atoms with E-state index in [9.17, 15) is 5.11 Å². The summed E-state index contributed by atoms with van der Waals surface area (Å²) in [6.45, 7) is 6.20. The van der Waals surface area contributed by atoms with E-state index in [2.05, 4.69) is 55.1 Å². The van der Waals surface area contributed by atoms with Gasteiger partial charge in [-0.1, -0.05) is 127 Å². The van der Waals surface area contributed by atoms with Gasteiger partial charge in [-0.05, 0) is 42.7 Å². The van der Waals surface area contributed by atoms with Crippen molar-refractivity contribution in [3.05, 3.63) is 89.5 Å². The predicted molar refractivity (Wildman–Crippen MR) is 161 cm³/mol. The maximum absolute atomic E-state index is 12.5. The molecular weight excluding hydrogens is 466 g/mol. The minimum absolute atomic E-state index is 0.739. The fourth-order valence-electron chi connectivity index (χ4n) is 5.77. The molecule has 1 heterocycles. The Bertz CT molecular complexity index is 1060. The molecule has 0 aromatic heterocycles. The van der Waals surface area contributed by atoms with Crippen LogP contribution in [0.5, 0.6) is 5.75 Å². The van der Waals surface area contributed by atoms with Crippen LogP contribution in [0.3, 0.4) is 0 Å². The van der Waals surface area contributed by atoms with Gasteiger partial charge < -0.3 is 14.7 Å². The Hall–Kier alpha value is -2.78. The number of hydrogen-bond acceptors (Lipinski definition) is 3. The summed E-state index contributed by atoms with van der Waals surface area (Å²) in [5.41, 5.74) is 3.78. The van der Waals surface area contributed by atoms with Gasteiger partial charge in [0.25, 0.3) is 0 Å². The molecule has 3 heteroatoms. The zero-order valence-corrected chi connectivity index (χ0v) is 23.6. The second-order valence-electron chi connectivity index (χ2n) is 10.8. The lowest BCUT2D eigenvalue weighted by Crippen LogP contribution is -2.38. The highest BCUT2D eigenvalue weighted by Gasteiger charge is 2.42. The zero-order valence-electron chi connectivity index (χ0n) is 23.6. The first-order chi connectivity index (χ1) is 18.7. The largest absolute Gasteiger partial charge is 0.494 e. The smallest absolute Gasteiger partial charge is 0.144 e. The van der Waals surface area contributed by atoms with Crippen LogP contribution in [0.15, 0.2) is 72.8 Å². The van der Waals surface area contributed by atoms with Gasteiger partial charge in [0.15, 0.2) is 0 Å². The predicted octanol–water partition coefficient (Wildman–Crippen LogP) is 9.52. The topological polar surface area (TPSA) is 32.7 Å². The third-order valence-corrected chi connectivity index (χ3v) is 7.94. The minimum Gasteiger partial charge on any atom is -0.494 e. The molecule has 1 N–H and O–H groups in total. The van der Waals surface area contributed by atoms with E-state index >= 15 is 0 Å². The number of rotatable bonds is 16. The highest BCUT2D eigenvalue weighted by atomic mass is 16.5. The molecule has 0 aliphatic carbocycles. The number of nitrogens with zero attached hydrogens (tertiary/aromatic N) is 1. The van der Waals surface area contributed by atoms with Crippen LogP contribution < -0.4 is 9.64 Å². The number of benzene rings is 3. The van der Waals surface area contributed by atoms with Gasteiger partial charge in [-0.3, -0.25) is 0 Å². The summed E-state index contributed by atoms with van der Waals surface area (Å²) < 4.78 is 5.99. The fraction of sp³-hybridized carbons (Fsp3) is 0.486. The van der Waals surface area contributed by atoms with Crippen molar-refractivity contribution in [1.82, 2.24) is 0 Å². The number of aliphatic hydroxyl groups is 1. The molecule has 0 saturated heterocycles. The van der Waals surface area contributed by atoms with Crippen LogP contribution >= 0.6 is 0 Å². The van der Waals surface area contributed by atoms with Crippen LogP contribution in [0.25, 0.3) is 0 Å². The van der Waals surface area contributed by atoms with E-state index in [-0.39, 0.29) is 0 Å². The number of fused-ring (bicyclic) bond motifs is 2. The SMILES string of the molecule is CCCCCCCCCCN1c2ccccc2C(O)(c2ccc(OCCCCCC)cc2)c2ccccc21. The van der Waals surface area contributed by atoms with Gasteiger partial charge in [-0.25, -0.2) is 0 Å². The average molecular weight is 514 g/mol. The Labute approximate surface area is 230 Å². The van der Waals surface area contributed by atoms with Crippen LogP contribution in [-0.2, 0) is 5.60 Å². The lowest BCUT2D eigenvalue weighted by molar-refractivity contribution is 0.124. The van der Waals surface area contributed by atoms with Crippen molar-refractivity contribution >= 4 is 11.4 Å². The molecule has 204 valence electrons. The highest BCUT2D eigenvalue weighted by Crippen LogP contribution is 2.51. The molecule has 0 radical (unpaired) electrons. The minimum atomic E-state index is -1.21. The van der Waals surface area contributed by atoms with Crippen LogP contribution in [0, 0.1) is 0 Å². The zero-order chi connectivity index (χ0) is 26.6. The lowest BCUT2D eigenvalue weighted by Gasteiger charge is -2.43. The molecule has 0 fully saturated rings. The lowest BCUT2D eigenvalue weighted by atomic mass is 9.76. The van der Waals surface area contributed by atoms with Crippen molar-refractivity contribution in [3.63, 3.8) is 0 Å². The molecular formula is C35H47NO2. The second kappa shape index (κ2) is 14.4. The quantitative estimate of drug-likeness (QED) is 0.194. The molecule has 1 aliphatic heterocycles. The molecule has 0 unspecified atom stereocenters. The molecule has 4 rings (SSSR count). The van der Waals surface area contributed by atoms with E-state index in [0.717, 1.165) is 59.8 Å². The van der Waals surface area contributed by atoms with Gasteiger partial charge in [0.1, 0.15) is 11.4 Å². The third-order valence-electron chi connectivity index (χ3n) is 7.94. The Morgan fingerprint density at radius 3 is 1.68 bits per heavy atom. The fourth-order valence-corrected chi connectivity index (χ4v) is 5.77. The van der Waals surface area contributed by atoms with Crippen molar-refractivity contribution < 1.29 is 9.84 Å². The van der Waals surface area contributed by atoms with Gasteiger partial charge in [-0.15, -0.1) is 0 Å². The standard InChI is InChI=1S/C35H47NO2/c1-3-5-7-9-10-11-12-17-27-36-33-21-15-13-19-31(33)35(37,32-20-14-16-22-34(32)36)29-23-25-30(26-24-29)38-28-18-8-6-4-2/h13-16,19-26,37H,3-12,17-18,27-28H2,1-2H3. The molecule has 0 saturated carbocycles. The third kappa shape index (κ3) is 6.61. The summed E-state index contributed by atoms with van der Waals surface area (Å²) >= 11 is 0. The van der Waals surface area contributed by atoms with E-state index in [1.807, 2.05) is 36.4 Å². The van der Waals surface area contributed by atoms with E-state index in [4.69, 9.17) is 4.74 Å². The summed E-state index contributed by atoms with van der Waals surface area (Å²) in [4.78, 5) is 2.42. The van der Waals surface area contributed by atoms with Crippen LogP contribution in [-0.4, -0.2) is 18.3 Å². The summed E-state index contributed by atoms with van der Waals surface area (Å²) in [7, 11) is 0. The summed E-state index contributed by atoms with van der Waals surface area (Å²) in [6, 6.07) is 24.8. The summed E-state index contributed by atoms with van der Waals surface area (Å²) in [5.74, 6) is 0.863. The van der Waals surface area contributed by atoms with Gasteiger partial charge in [-0.2, -0.15) is 0 Å². The first kappa shape index (κ1) is 28.2. The van der Waals surface area contributed by atoms with Crippen molar-refractivity contribution in [3.8, 4) is 5.75 Å². The number of ether oxygens (including phenoxy) is 1. The normalized spacial score (nSPS) is 13.7. The summed E-state index contributed by atoms with van der Waals surface area (Å²) in [5, 5.41) is 12.5. The van der Waals surface area contributed by atoms with Crippen molar-refractivity contribution in [1.29, 1.82) is 0 Å². The van der Waals surface area contributed by atoms with E-state index in [1.165, 1.54) is 64.2 Å². The Balaban J connectivity index is 1.51. The molecule has 0 bridgehead atoms. The van der Waals surface area contributed by atoms with Crippen LogP contribution in [0.1, 0.15) is 108 Å². The highest BCUT2D eigenvalue weighted by molar-refractivity contribution is 5.79. The van der Waals surface area contributed by atoms with E-state index in [1.54, 1.807) is 0 Å². The maximum Gasteiger partial charge on any atom is 0.144 e. The first-order valence-electron chi connectivity index (χ1n) is 15.1. The number of unbranched alkanes of at least 4 members (excludes halogenated alkanes) is 10. The summed E-state index contributed by atoms with van der Waals surface area (Å²) in [6.07, 6.45) is 15.2. The molecule has 3 aromatic rings. The number of para-hydroxylation sites is 2. The van der Waals surface area contributed by atoms with Crippen molar-refractivity contribution in [2.45, 2.75) is 96.5 Å². The molecule has 3 aromatic carbocycles. The Morgan fingerprint density at radius 1 is 0.605 bits per heavy atom. The maximum atomic E-state index is 12.5. The number of anilines is 2. The molecule has 38 heavy (non-hydrogen) atoms. The van der Waals surface area contributed by atoms with Crippen molar-refractivity contribution in [2.24, 2.45) is 0 Å². The molecule has 0 spiro atoms. The van der Waals surface area contributed by atoms with E-state index in [0.29, 0.717) is 0 Å². The van der Waals surface area contributed by atoms with Gasteiger partial charge in [0.05, 0.1) is 6.61 Å². The molecule has 0 atom stereocenters. The first-order valence-corrected chi connectivity index (χ1v) is 15.1. The van der Waals surface area contributed by atoms with Crippen LogP contribution in [0.2, 0.25) is 0 Å². The van der Waals surface area contributed by atoms with Gasteiger partial charge >= 0.3 is 0 Å². The van der Waals surface area contributed by atoms with Crippen molar-refractivity contribution in [2.75, 3.05) is 18.1 Å². The van der Waals surface area contributed by atoms with Gasteiger partial charge in [0.2, 0.25) is 0 Å². The second-order valence-corrected chi connectivity index (χ2v) is 10.8. The van der Waals surface area contributed by atoms with Gasteiger partial charge in [0, 0.05) is 29.0 Å². The molecule has 1 aliphatic rings.